The summed E-state index contributed by atoms with van der Waals surface area (Å²) in [6.45, 7) is 4.38. The molecule has 0 heterocycles. The maximum absolute atomic E-state index is 12.6. The molecule has 1 atom stereocenters. The van der Waals surface area contributed by atoms with Gasteiger partial charge in [-0.25, -0.2) is 0 Å². The lowest BCUT2D eigenvalue weighted by molar-refractivity contribution is -0.674. The van der Waals surface area contributed by atoms with Crippen molar-refractivity contribution in [3.63, 3.8) is 0 Å². The lowest BCUT2D eigenvalue weighted by atomic mass is 10.1. The van der Waals surface area contributed by atoms with Gasteiger partial charge in [-0.05, 0) is 18.2 Å². The van der Waals surface area contributed by atoms with Crippen LogP contribution in [0.2, 0.25) is 0 Å². The number of hydrogen-bond acceptors (Lipinski definition) is 2. The molecule has 0 aliphatic heterocycles. The maximum Gasteiger partial charge on any atom is 0.287 e. The molecule has 0 radical (unpaired) electrons. The molecule has 2 rings (SSSR count). The minimum absolute atomic E-state index is 0.0682. The topological polar surface area (TPSA) is 54.9 Å². The molecule has 0 aliphatic rings. The summed E-state index contributed by atoms with van der Waals surface area (Å²) < 4.78 is 5.17. The largest absolute Gasteiger partial charge is 0.497 e. The molecule has 2 aromatic rings. The smallest absolute Gasteiger partial charge is 0.287 e. The van der Waals surface area contributed by atoms with Crippen molar-refractivity contribution in [2.45, 2.75) is 6.04 Å². The van der Waals surface area contributed by atoms with Gasteiger partial charge in [0, 0.05) is 17.3 Å². The van der Waals surface area contributed by atoms with Gasteiger partial charge >= 0.3 is 0 Å². The molecule has 3 N–H and O–H groups in total. The number of methoxy groups -OCH3 is 1. The van der Waals surface area contributed by atoms with E-state index in [1.54, 1.807) is 19.3 Å². The van der Waals surface area contributed by atoms with E-state index in [0.29, 0.717) is 12.3 Å². The second-order valence-corrected chi connectivity index (χ2v) is 4.87. The summed E-state index contributed by atoms with van der Waals surface area (Å²) in [5.41, 5.74) is 1.68. The Bertz CT molecular complexity index is 626. The van der Waals surface area contributed by atoms with Gasteiger partial charge < -0.3 is 15.4 Å². The van der Waals surface area contributed by atoms with Crippen LogP contribution in [-0.2, 0) is 4.79 Å². The molecule has 0 aliphatic carbocycles. The number of nitrogens with one attached hydrogen (secondary N) is 1. The van der Waals surface area contributed by atoms with E-state index >= 15 is 0 Å². The van der Waals surface area contributed by atoms with Crippen LogP contribution >= 0.6 is 0 Å². The molecule has 22 heavy (non-hydrogen) atoms. The first kappa shape index (κ1) is 15.8. The molecule has 0 aromatic heterocycles. The van der Waals surface area contributed by atoms with Gasteiger partial charge in [-0.3, -0.25) is 4.79 Å². The van der Waals surface area contributed by atoms with Crippen LogP contribution in [0.1, 0.15) is 11.6 Å². The average Bonchev–Trinajstić information content (AvgIpc) is 2.56. The number of nitrogens with two attached hydrogens (primary N) is 1. The normalized spacial score (nSPS) is 11.5. The van der Waals surface area contributed by atoms with Gasteiger partial charge in [0.2, 0.25) is 0 Å². The van der Waals surface area contributed by atoms with E-state index in [0.717, 1.165) is 11.3 Å². The fraction of sp³-hybridized carbons (Fsp3) is 0.167. The first-order valence-electron chi connectivity index (χ1n) is 7.18. The van der Waals surface area contributed by atoms with E-state index in [4.69, 9.17) is 4.74 Å². The number of rotatable bonds is 7. The van der Waals surface area contributed by atoms with Gasteiger partial charge in [-0.2, -0.15) is 0 Å². The van der Waals surface area contributed by atoms with Crippen LogP contribution in [0.4, 0.5) is 5.69 Å². The van der Waals surface area contributed by atoms with Crippen molar-refractivity contribution in [2.75, 3.05) is 19.0 Å². The predicted molar refractivity (Wildman–Crippen MR) is 87.8 cm³/mol. The molecule has 4 heteroatoms. The van der Waals surface area contributed by atoms with Gasteiger partial charge in [-0.15, -0.1) is 0 Å². The van der Waals surface area contributed by atoms with Crippen LogP contribution in [0.3, 0.4) is 0 Å². The van der Waals surface area contributed by atoms with Crippen molar-refractivity contribution in [3.8, 4) is 5.75 Å². The number of ether oxygens (including phenoxy) is 1. The first-order chi connectivity index (χ1) is 10.7. The van der Waals surface area contributed by atoms with E-state index in [1.807, 2.05) is 53.8 Å². The molecule has 0 spiro atoms. The zero-order chi connectivity index (χ0) is 15.8. The Hall–Kier alpha value is -2.59. The number of carbonyl (C=O) groups excluding carboxylic acids is 1. The highest BCUT2D eigenvalue weighted by molar-refractivity contribution is 5.94. The van der Waals surface area contributed by atoms with E-state index in [-0.39, 0.29) is 11.9 Å². The Morgan fingerprint density at radius 3 is 2.73 bits per heavy atom. The van der Waals surface area contributed by atoms with Crippen LogP contribution in [0.25, 0.3) is 0 Å². The molecule has 0 saturated heterocycles. The number of carbonyl (C=O) groups is 1. The van der Waals surface area contributed by atoms with Crippen LogP contribution in [-0.4, -0.2) is 19.6 Å². The van der Waals surface area contributed by atoms with Crippen molar-refractivity contribution in [2.24, 2.45) is 0 Å². The third kappa shape index (κ3) is 4.20. The lowest BCUT2D eigenvalue weighted by Crippen LogP contribution is -2.87. The Labute approximate surface area is 130 Å². The van der Waals surface area contributed by atoms with Crippen molar-refractivity contribution < 1.29 is 14.8 Å². The van der Waals surface area contributed by atoms with E-state index in [9.17, 15) is 4.79 Å². The molecule has 4 nitrogen and oxygen atoms in total. The van der Waals surface area contributed by atoms with E-state index in [2.05, 4.69) is 11.9 Å². The van der Waals surface area contributed by atoms with Crippen molar-refractivity contribution in [1.29, 1.82) is 0 Å². The fourth-order valence-electron chi connectivity index (χ4n) is 2.21. The highest BCUT2D eigenvalue weighted by atomic mass is 16.5. The molecule has 114 valence electrons. The third-order valence-corrected chi connectivity index (χ3v) is 3.32. The number of hydrogen-bond donors (Lipinski definition) is 2. The number of benzene rings is 2. The zero-order valence-corrected chi connectivity index (χ0v) is 12.7. The summed E-state index contributed by atoms with van der Waals surface area (Å²) in [6.07, 6.45) is 1.79. The number of amides is 1. The summed E-state index contributed by atoms with van der Waals surface area (Å²) in [7, 11) is 1.60. The van der Waals surface area contributed by atoms with Crippen molar-refractivity contribution >= 4 is 11.6 Å². The Morgan fingerprint density at radius 2 is 2.05 bits per heavy atom. The van der Waals surface area contributed by atoms with Gasteiger partial charge in [0.05, 0.1) is 13.7 Å². The summed E-state index contributed by atoms with van der Waals surface area (Å²) in [6, 6.07) is 16.7. The van der Waals surface area contributed by atoms with Crippen LogP contribution in [0, 0.1) is 0 Å². The minimum Gasteiger partial charge on any atom is -0.497 e. The SMILES string of the molecule is C=CC[NH2+][C@H](C(=O)Nc1cccc(OC)c1)c1ccccc1. The monoisotopic (exact) mass is 297 g/mol. The van der Waals surface area contributed by atoms with Crippen LogP contribution in [0.5, 0.6) is 5.75 Å². The second kappa shape index (κ2) is 8.00. The molecule has 2 aromatic carbocycles. The summed E-state index contributed by atoms with van der Waals surface area (Å²) in [5, 5.41) is 4.90. The minimum atomic E-state index is -0.314. The van der Waals surface area contributed by atoms with E-state index in [1.165, 1.54) is 0 Å². The number of anilines is 1. The average molecular weight is 297 g/mol. The Kier molecular flexibility index (Phi) is 5.74. The quantitative estimate of drug-likeness (QED) is 0.769. The van der Waals surface area contributed by atoms with Gasteiger partial charge in [-0.1, -0.05) is 43.0 Å². The molecule has 0 unspecified atom stereocenters. The first-order valence-corrected chi connectivity index (χ1v) is 7.18. The molecular formula is C18H21N2O2+. The van der Waals surface area contributed by atoms with Crippen molar-refractivity contribution in [3.05, 3.63) is 72.8 Å². The molecule has 0 fully saturated rings. The van der Waals surface area contributed by atoms with Gasteiger partial charge in [0.25, 0.3) is 5.91 Å². The maximum atomic E-state index is 12.6. The summed E-state index contributed by atoms with van der Waals surface area (Å²) >= 11 is 0. The van der Waals surface area contributed by atoms with Crippen LogP contribution < -0.4 is 15.4 Å². The molecule has 0 bridgehead atoms. The summed E-state index contributed by atoms with van der Waals surface area (Å²) in [4.78, 5) is 12.6. The second-order valence-electron chi connectivity index (χ2n) is 4.87. The lowest BCUT2D eigenvalue weighted by Gasteiger charge is -2.15. The zero-order valence-electron chi connectivity index (χ0n) is 12.7. The van der Waals surface area contributed by atoms with Gasteiger partial charge in [0.15, 0.2) is 6.04 Å². The molecule has 0 saturated carbocycles. The van der Waals surface area contributed by atoms with E-state index < -0.39 is 0 Å². The van der Waals surface area contributed by atoms with Gasteiger partial charge in [0.1, 0.15) is 5.75 Å². The fourth-order valence-corrected chi connectivity index (χ4v) is 2.21. The van der Waals surface area contributed by atoms with Crippen molar-refractivity contribution in [1.82, 2.24) is 0 Å². The molecule has 1 amide bonds. The Balaban J connectivity index is 2.16. The molecular weight excluding hydrogens is 276 g/mol. The Morgan fingerprint density at radius 1 is 1.27 bits per heavy atom. The third-order valence-electron chi connectivity index (χ3n) is 3.32. The predicted octanol–water partition coefficient (Wildman–Crippen LogP) is 2.12. The standard InChI is InChI=1S/C18H20N2O2/c1-3-12-19-17(14-8-5-4-6-9-14)18(21)20-15-10-7-11-16(13-15)22-2/h3-11,13,17,19H,1,12H2,2H3,(H,20,21)/p+1/t17-/m0/s1. The van der Waals surface area contributed by atoms with Crippen LogP contribution in [0.15, 0.2) is 67.3 Å². The highest BCUT2D eigenvalue weighted by Crippen LogP contribution is 2.18. The number of quaternary nitrogens is 1. The highest BCUT2D eigenvalue weighted by Gasteiger charge is 2.23. The summed E-state index contributed by atoms with van der Waals surface area (Å²) in [5.74, 6) is 0.644.